The van der Waals surface area contributed by atoms with E-state index in [9.17, 15) is 19.2 Å². The molecule has 380 valence electrons. The van der Waals surface area contributed by atoms with E-state index in [2.05, 4.69) is 45.8 Å². The van der Waals surface area contributed by atoms with Crippen LogP contribution in [0.2, 0.25) is 0 Å². The first-order valence-corrected chi connectivity index (χ1v) is 26.8. The van der Waals surface area contributed by atoms with E-state index < -0.39 is 0 Å². The Kier molecular flexibility index (Phi) is 11.4. The molecular formula is C51H54N16O5S2. The van der Waals surface area contributed by atoms with Crippen LogP contribution in [0.15, 0.2) is 60.3 Å². The van der Waals surface area contributed by atoms with Crippen molar-refractivity contribution >= 4 is 77.7 Å². The number of aryl methyl sites for hydroxylation is 5. The first kappa shape index (κ1) is 46.6. The zero-order valence-corrected chi connectivity index (χ0v) is 42.9. The first-order valence-electron chi connectivity index (χ1n) is 25.2. The van der Waals surface area contributed by atoms with E-state index in [1.165, 1.54) is 48.1 Å². The quantitative estimate of drug-likeness (QED) is 0.105. The molecule has 3 aliphatic heterocycles. The fraction of sp³-hybridized carbons (Fsp3) is 0.412. The van der Waals surface area contributed by atoms with Crippen LogP contribution in [0.4, 0.5) is 5.69 Å². The number of pyridine rings is 3. The third-order valence-corrected chi connectivity index (χ3v) is 17.8. The maximum Gasteiger partial charge on any atom is 0.261 e. The van der Waals surface area contributed by atoms with E-state index in [-0.39, 0.29) is 28.8 Å². The minimum Gasteiger partial charge on any atom is -0.377 e. The highest BCUT2D eigenvalue weighted by Crippen LogP contribution is 2.52. The maximum atomic E-state index is 13.8. The number of thiazole rings is 2. The number of fused-ring (bicyclic) bond motifs is 6. The lowest BCUT2D eigenvalue weighted by molar-refractivity contribution is -0.122. The molecule has 4 N–H and O–H groups in total. The van der Waals surface area contributed by atoms with Gasteiger partial charge in [0.2, 0.25) is 0 Å². The van der Waals surface area contributed by atoms with Gasteiger partial charge in [-0.05, 0) is 76.6 Å². The van der Waals surface area contributed by atoms with Crippen molar-refractivity contribution in [2.75, 3.05) is 64.3 Å². The molecule has 2 spiro atoms. The van der Waals surface area contributed by atoms with E-state index >= 15 is 0 Å². The van der Waals surface area contributed by atoms with Gasteiger partial charge in [0.25, 0.3) is 23.3 Å². The van der Waals surface area contributed by atoms with Crippen molar-refractivity contribution in [3.05, 3.63) is 99.6 Å². The number of aromatic nitrogens is 11. The third kappa shape index (κ3) is 8.35. The summed E-state index contributed by atoms with van der Waals surface area (Å²) in [7, 11) is 1.89. The van der Waals surface area contributed by atoms with Crippen molar-refractivity contribution in [3.63, 3.8) is 0 Å². The third-order valence-electron chi connectivity index (χ3n) is 15.5. The van der Waals surface area contributed by atoms with Gasteiger partial charge in [0.15, 0.2) is 0 Å². The zero-order valence-electron chi connectivity index (χ0n) is 41.2. The standard InChI is InChI=1S/C51H54N16O5S2/c1-29-34(39-24-66-48(73-39)33(21-56-66)46(70)57-37-17-31(19-54-30(37)2)44(68)53-11-16-64-12-4-6-51(64)27-72-28-51)23-65(59-29)13-5-36-35(22-62(3)60-36)40-25-67-49(74-40)41-43(61-67)42-38(58-47(41)71)18-32(20-55-42)45(69)52-10-15-63-14-9-50(26-63)7-8-50/h17-25H,4-16,26-28H2,1-3H3,(H,52,69)(H,53,68)(H,57,70)(H,58,71). The number of ether oxygens (including phenoxy) is 1. The van der Waals surface area contributed by atoms with Gasteiger partial charge >= 0.3 is 0 Å². The Morgan fingerprint density at radius 2 is 1.54 bits per heavy atom. The molecule has 0 unspecified atom stereocenters. The molecule has 0 aromatic carbocycles. The highest BCUT2D eigenvalue weighted by Gasteiger charge is 2.48. The van der Waals surface area contributed by atoms with E-state index in [1.54, 1.807) is 45.2 Å². The molecule has 4 fully saturated rings. The van der Waals surface area contributed by atoms with Gasteiger partial charge in [-0.2, -0.15) is 20.4 Å². The van der Waals surface area contributed by atoms with Crippen molar-refractivity contribution < 1.29 is 19.1 Å². The molecule has 0 radical (unpaired) electrons. The summed E-state index contributed by atoms with van der Waals surface area (Å²) < 4.78 is 12.6. The van der Waals surface area contributed by atoms with E-state index in [1.807, 2.05) is 43.4 Å². The average molecular weight is 1040 g/mol. The highest BCUT2D eigenvalue weighted by molar-refractivity contribution is 7.21. The topological polar surface area (TPSA) is 232 Å². The Bertz CT molecular complexity index is 3790. The minimum atomic E-state index is -0.355. The number of H-pyrrole nitrogens is 1. The number of hydrogen-bond donors (Lipinski definition) is 4. The number of hydrogen-bond acceptors (Lipinski definition) is 15. The monoisotopic (exact) mass is 1030 g/mol. The average Bonchev–Trinajstić information content (AvgIpc) is 4.16. The lowest BCUT2D eigenvalue weighted by Crippen LogP contribution is -2.59. The summed E-state index contributed by atoms with van der Waals surface area (Å²) in [6.45, 7) is 11.7. The molecule has 74 heavy (non-hydrogen) atoms. The predicted octanol–water partition coefficient (Wildman–Crippen LogP) is 5.08. The lowest BCUT2D eigenvalue weighted by atomic mass is 9.94. The smallest absolute Gasteiger partial charge is 0.261 e. The molecular weight excluding hydrogens is 981 g/mol. The Morgan fingerprint density at radius 3 is 2.34 bits per heavy atom. The Morgan fingerprint density at radius 1 is 0.770 bits per heavy atom. The number of amides is 3. The molecule has 9 aromatic rings. The van der Waals surface area contributed by atoms with Gasteiger partial charge in [-0.3, -0.25) is 43.4 Å². The van der Waals surface area contributed by atoms with Crippen LogP contribution in [-0.2, 0) is 24.8 Å². The van der Waals surface area contributed by atoms with E-state index in [0.29, 0.717) is 91.1 Å². The first-order chi connectivity index (χ1) is 35.9. The Hall–Kier alpha value is -7.18. The number of likely N-dealkylation sites (tertiary alicyclic amines) is 2. The van der Waals surface area contributed by atoms with Crippen LogP contribution < -0.4 is 21.5 Å². The maximum absolute atomic E-state index is 13.8. The van der Waals surface area contributed by atoms with Crippen molar-refractivity contribution in [1.82, 2.24) is 74.2 Å². The number of carbonyl (C=O) groups is 3. The second-order valence-electron chi connectivity index (χ2n) is 20.5. The van der Waals surface area contributed by atoms with Crippen molar-refractivity contribution in [1.29, 1.82) is 0 Å². The number of anilines is 1. The summed E-state index contributed by atoms with van der Waals surface area (Å²) in [5.74, 6) is -0.822. The normalized spacial score (nSPS) is 17.2. The zero-order chi connectivity index (χ0) is 50.5. The van der Waals surface area contributed by atoms with Crippen LogP contribution in [0.1, 0.15) is 80.3 Å². The molecule has 12 heterocycles. The fourth-order valence-corrected chi connectivity index (χ4v) is 13.3. The van der Waals surface area contributed by atoms with E-state index in [4.69, 9.17) is 20.0 Å². The van der Waals surface area contributed by atoms with Crippen molar-refractivity contribution in [2.24, 2.45) is 12.5 Å². The van der Waals surface area contributed by atoms with Gasteiger partial charge in [-0.25, -0.2) is 9.03 Å². The number of nitrogens with one attached hydrogen (secondary N) is 4. The van der Waals surface area contributed by atoms with Gasteiger partial charge in [-0.1, -0.05) is 0 Å². The molecule has 1 aliphatic carbocycles. The van der Waals surface area contributed by atoms with Crippen LogP contribution >= 0.6 is 22.7 Å². The molecule has 3 saturated heterocycles. The SMILES string of the molecule is Cc1ncc(C(=O)NCCN2CCCC23COC3)cc1NC(=O)c1cnn2cc(-c3cn(CCc4nn(C)cc4-c4cn5nc6c7ncc(C(=O)NCCN8CCC9(CC9)C8)cc7[nH]c(=O)c6c5s4)nc3C)sc12. The van der Waals surface area contributed by atoms with Gasteiger partial charge in [0, 0.05) is 101 Å². The largest absolute Gasteiger partial charge is 0.377 e. The van der Waals surface area contributed by atoms with E-state index in [0.717, 1.165) is 91.0 Å². The lowest BCUT2D eigenvalue weighted by Gasteiger charge is -2.45. The fourth-order valence-electron chi connectivity index (χ4n) is 11.1. The minimum absolute atomic E-state index is 0.133. The predicted molar refractivity (Wildman–Crippen MR) is 280 cm³/mol. The van der Waals surface area contributed by atoms with Crippen molar-refractivity contribution in [2.45, 2.75) is 64.5 Å². The summed E-state index contributed by atoms with van der Waals surface area (Å²) in [6.07, 6.45) is 19.2. The van der Waals surface area contributed by atoms with Crippen LogP contribution in [-0.4, -0.2) is 146 Å². The molecule has 4 aliphatic rings. The van der Waals surface area contributed by atoms with Crippen LogP contribution in [0.3, 0.4) is 0 Å². The molecule has 9 aromatic heterocycles. The Labute approximate surface area is 430 Å². The van der Waals surface area contributed by atoms with Crippen LogP contribution in [0.25, 0.3) is 52.5 Å². The Balaban J connectivity index is 0.665. The summed E-state index contributed by atoms with van der Waals surface area (Å²) >= 11 is 2.91. The second-order valence-corrected chi connectivity index (χ2v) is 22.6. The molecule has 21 nitrogen and oxygen atoms in total. The molecule has 3 amide bonds. The summed E-state index contributed by atoms with van der Waals surface area (Å²) in [5.41, 5.74) is 7.57. The summed E-state index contributed by atoms with van der Waals surface area (Å²) in [4.78, 5) is 73.8. The van der Waals surface area contributed by atoms with Crippen LogP contribution in [0.5, 0.6) is 0 Å². The molecule has 0 atom stereocenters. The molecule has 0 bridgehead atoms. The number of nitrogens with zero attached hydrogens (tertiary/aromatic N) is 12. The molecule has 23 heteroatoms. The summed E-state index contributed by atoms with van der Waals surface area (Å²) in [6, 6.07) is 3.34. The molecule has 1 saturated carbocycles. The summed E-state index contributed by atoms with van der Waals surface area (Å²) in [5, 5.41) is 28.5. The second kappa shape index (κ2) is 18.0. The van der Waals surface area contributed by atoms with Gasteiger partial charge < -0.3 is 30.6 Å². The van der Waals surface area contributed by atoms with Crippen molar-refractivity contribution in [3.8, 4) is 20.9 Å². The number of aromatic amines is 1. The molecule has 13 rings (SSSR count). The van der Waals surface area contributed by atoms with Gasteiger partial charge in [0.1, 0.15) is 26.1 Å². The van der Waals surface area contributed by atoms with Gasteiger partial charge in [-0.15, -0.1) is 22.7 Å². The van der Waals surface area contributed by atoms with Gasteiger partial charge in [0.05, 0.1) is 79.7 Å². The number of rotatable bonds is 15. The van der Waals surface area contributed by atoms with Crippen LogP contribution in [0, 0.1) is 19.3 Å². The number of carbonyl (C=O) groups excluding carboxylic acids is 3. The highest BCUT2D eigenvalue weighted by atomic mass is 32.1.